The van der Waals surface area contributed by atoms with Crippen molar-refractivity contribution in [1.82, 2.24) is 4.90 Å². The van der Waals surface area contributed by atoms with Crippen LogP contribution in [0.1, 0.15) is 24.8 Å². The predicted molar refractivity (Wildman–Crippen MR) is 84.8 cm³/mol. The molecule has 1 aliphatic rings. The Balaban J connectivity index is 2.10. The summed E-state index contributed by atoms with van der Waals surface area (Å²) < 4.78 is 16.0. The van der Waals surface area contributed by atoms with E-state index in [1.165, 1.54) is 0 Å². The van der Waals surface area contributed by atoms with Crippen LogP contribution < -0.4 is 14.2 Å². The number of carbonyl (C=O) groups is 1. The summed E-state index contributed by atoms with van der Waals surface area (Å²) in [6, 6.07) is 5.99. The first-order valence-corrected chi connectivity index (χ1v) is 7.60. The maximum absolute atomic E-state index is 12.3. The molecule has 0 N–H and O–H groups in total. The van der Waals surface area contributed by atoms with Gasteiger partial charge in [0, 0.05) is 12.5 Å². The molecule has 2 rings (SSSR count). The number of amides is 1. The highest BCUT2D eigenvalue weighted by molar-refractivity contribution is 5.77. The Bertz CT molecular complexity index is 605. The van der Waals surface area contributed by atoms with Crippen molar-refractivity contribution in [2.24, 2.45) is 0 Å². The number of carbonyl (C=O) groups excluding carboxylic acids is 1. The van der Waals surface area contributed by atoms with Crippen LogP contribution in [0.15, 0.2) is 12.1 Å². The van der Waals surface area contributed by atoms with Gasteiger partial charge in [-0.3, -0.25) is 4.79 Å². The lowest BCUT2D eigenvalue weighted by Crippen LogP contribution is -2.33. The molecule has 124 valence electrons. The van der Waals surface area contributed by atoms with Gasteiger partial charge in [-0.2, -0.15) is 5.26 Å². The van der Waals surface area contributed by atoms with Crippen molar-refractivity contribution in [2.45, 2.75) is 31.7 Å². The zero-order chi connectivity index (χ0) is 16.8. The highest BCUT2D eigenvalue weighted by Gasteiger charge is 2.32. The van der Waals surface area contributed by atoms with Crippen molar-refractivity contribution in [3.05, 3.63) is 17.7 Å². The van der Waals surface area contributed by atoms with Gasteiger partial charge < -0.3 is 19.1 Å². The minimum Gasteiger partial charge on any atom is -0.493 e. The first-order chi connectivity index (χ1) is 11.2. The fourth-order valence-corrected chi connectivity index (χ4v) is 2.63. The van der Waals surface area contributed by atoms with E-state index >= 15 is 0 Å². The molecular weight excluding hydrogens is 296 g/mol. The molecule has 0 aromatic heterocycles. The quantitative estimate of drug-likeness (QED) is 0.687. The number of nitriles is 1. The molecule has 6 heteroatoms. The average molecular weight is 318 g/mol. The van der Waals surface area contributed by atoms with Crippen LogP contribution in [0.4, 0.5) is 0 Å². The standard InChI is InChI=1S/C17H22N2O4/c1-21-14-8-4-12(16(22-2)17(14)23-3)5-9-15(20)19(11-10-18)13-6-7-13/h4,8,13H,5-7,9,11H2,1-3H3. The summed E-state index contributed by atoms with van der Waals surface area (Å²) in [5, 5.41) is 8.86. The summed E-state index contributed by atoms with van der Waals surface area (Å²) in [6.45, 7) is 0.159. The molecule has 0 bridgehead atoms. The van der Waals surface area contributed by atoms with Crippen LogP contribution in [0.25, 0.3) is 0 Å². The van der Waals surface area contributed by atoms with Crippen LogP contribution in [0.2, 0.25) is 0 Å². The van der Waals surface area contributed by atoms with Crippen molar-refractivity contribution < 1.29 is 19.0 Å². The zero-order valence-corrected chi connectivity index (χ0v) is 13.8. The molecule has 1 aliphatic carbocycles. The van der Waals surface area contributed by atoms with Crippen LogP contribution in [0, 0.1) is 11.3 Å². The molecule has 1 aromatic rings. The zero-order valence-electron chi connectivity index (χ0n) is 13.8. The third-order valence-electron chi connectivity index (χ3n) is 3.94. The SMILES string of the molecule is COc1ccc(CCC(=O)N(CC#N)C2CC2)c(OC)c1OC. The number of benzene rings is 1. The Kier molecular flexibility index (Phi) is 5.69. The third-order valence-corrected chi connectivity index (χ3v) is 3.94. The number of aryl methyl sites for hydroxylation is 1. The normalized spacial score (nSPS) is 13.1. The van der Waals surface area contributed by atoms with E-state index in [1.54, 1.807) is 32.3 Å². The Morgan fingerprint density at radius 3 is 2.43 bits per heavy atom. The van der Waals surface area contributed by atoms with E-state index < -0.39 is 0 Å². The van der Waals surface area contributed by atoms with Crippen molar-refractivity contribution in [3.8, 4) is 23.3 Å². The molecule has 6 nitrogen and oxygen atoms in total. The Hall–Kier alpha value is -2.42. The number of ether oxygens (including phenoxy) is 3. The minimum absolute atomic E-state index is 0.00545. The van der Waals surface area contributed by atoms with Crippen LogP contribution in [0.5, 0.6) is 17.2 Å². The number of nitrogens with zero attached hydrogens (tertiary/aromatic N) is 2. The van der Waals surface area contributed by atoms with Crippen LogP contribution in [-0.2, 0) is 11.2 Å². The maximum Gasteiger partial charge on any atom is 0.224 e. The van der Waals surface area contributed by atoms with Gasteiger partial charge in [-0.05, 0) is 30.9 Å². The van der Waals surface area contributed by atoms with Crippen LogP contribution in [-0.4, -0.2) is 44.7 Å². The number of hydrogen-bond acceptors (Lipinski definition) is 5. The van der Waals surface area contributed by atoms with Gasteiger partial charge in [-0.15, -0.1) is 0 Å². The fourth-order valence-electron chi connectivity index (χ4n) is 2.63. The van der Waals surface area contributed by atoms with Crippen molar-refractivity contribution in [1.29, 1.82) is 5.26 Å². The van der Waals surface area contributed by atoms with Crippen LogP contribution >= 0.6 is 0 Å². The summed E-state index contributed by atoms with van der Waals surface area (Å²) in [5.41, 5.74) is 0.881. The van der Waals surface area contributed by atoms with E-state index in [9.17, 15) is 4.79 Å². The lowest BCUT2D eigenvalue weighted by molar-refractivity contribution is -0.131. The molecular formula is C17H22N2O4. The van der Waals surface area contributed by atoms with Gasteiger partial charge in [0.1, 0.15) is 6.54 Å². The second-order valence-corrected chi connectivity index (χ2v) is 5.40. The molecule has 0 radical (unpaired) electrons. The van der Waals surface area contributed by atoms with E-state index in [4.69, 9.17) is 19.5 Å². The van der Waals surface area contributed by atoms with E-state index in [0.29, 0.717) is 30.1 Å². The number of rotatable bonds is 8. The molecule has 0 saturated heterocycles. The Morgan fingerprint density at radius 2 is 1.91 bits per heavy atom. The van der Waals surface area contributed by atoms with Gasteiger partial charge in [0.25, 0.3) is 0 Å². The molecule has 1 fully saturated rings. The molecule has 1 amide bonds. The number of methoxy groups -OCH3 is 3. The molecule has 23 heavy (non-hydrogen) atoms. The monoisotopic (exact) mass is 318 g/mol. The van der Waals surface area contributed by atoms with Crippen molar-refractivity contribution in [2.75, 3.05) is 27.9 Å². The first-order valence-electron chi connectivity index (χ1n) is 7.60. The highest BCUT2D eigenvalue weighted by Crippen LogP contribution is 2.40. The molecule has 0 unspecified atom stereocenters. The van der Waals surface area contributed by atoms with E-state index in [2.05, 4.69) is 6.07 Å². The summed E-state index contributed by atoms with van der Waals surface area (Å²) in [6.07, 6.45) is 2.85. The lowest BCUT2D eigenvalue weighted by Gasteiger charge is -2.20. The lowest BCUT2D eigenvalue weighted by atomic mass is 10.1. The highest BCUT2D eigenvalue weighted by atomic mass is 16.5. The minimum atomic E-state index is 0.00545. The van der Waals surface area contributed by atoms with Gasteiger partial charge in [0.2, 0.25) is 11.7 Å². The van der Waals surface area contributed by atoms with Crippen molar-refractivity contribution in [3.63, 3.8) is 0 Å². The van der Waals surface area contributed by atoms with E-state index in [0.717, 1.165) is 18.4 Å². The molecule has 1 aromatic carbocycles. The third kappa shape index (κ3) is 3.86. The first kappa shape index (κ1) is 16.9. The van der Waals surface area contributed by atoms with Crippen molar-refractivity contribution >= 4 is 5.91 Å². The molecule has 1 saturated carbocycles. The smallest absolute Gasteiger partial charge is 0.224 e. The Labute approximate surface area is 136 Å². The predicted octanol–water partition coefficient (Wildman–Crippen LogP) is 2.16. The van der Waals surface area contributed by atoms with Gasteiger partial charge in [0.05, 0.1) is 27.4 Å². The summed E-state index contributed by atoms with van der Waals surface area (Å²) in [7, 11) is 4.68. The van der Waals surface area contributed by atoms with Gasteiger partial charge in [-0.1, -0.05) is 6.07 Å². The molecule has 0 atom stereocenters. The average Bonchev–Trinajstić information content (AvgIpc) is 3.41. The summed E-state index contributed by atoms with van der Waals surface area (Å²) in [4.78, 5) is 14.0. The van der Waals surface area contributed by atoms with E-state index in [1.807, 2.05) is 6.07 Å². The molecule has 0 aliphatic heterocycles. The molecule has 0 spiro atoms. The van der Waals surface area contributed by atoms with Gasteiger partial charge in [-0.25, -0.2) is 0 Å². The van der Waals surface area contributed by atoms with Gasteiger partial charge in [0.15, 0.2) is 11.5 Å². The summed E-state index contributed by atoms with van der Waals surface area (Å²) >= 11 is 0. The topological polar surface area (TPSA) is 71.8 Å². The number of hydrogen-bond donors (Lipinski definition) is 0. The maximum atomic E-state index is 12.3. The molecule has 0 heterocycles. The fraction of sp³-hybridized carbons (Fsp3) is 0.529. The summed E-state index contributed by atoms with van der Waals surface area (Å²) in [5.74, 6) is 1.70. The second kappa shape index (κ2) is 7.73. The largest absolute Gasteiger partial charge is 0.493 e. The van der Waals surface area contributed by atoms with Gasteiger partial charge >= 0.3 is 0 Å². The Morgan fingerprint density at radius 1 is 1.22 bits per heavy atom. The second-order valence-electron chi connectivity index (χ2n) is 5.40. The van der Waals surface area contributed by atoms with E-state index in [-0.39, 0.29) is 18.5 Å². The van der Waals surface area contributed by atoms with Crippen LogP contribution in [0.3, 0.4) is 0 Å².